The van der Waals surface area contributed by atoms with Crippen LogP contribution in [0.15, 0.2) is 17.8 Å². The summed E-state index contributed by atoms with van der Waals surface area (Å²) in [6, 6.07) is 1.94. The molecule has 1 unspecified atom stereocenters. The molecule has 1 fully saturated rings. The molecule has 2 N–H and O–H groups in total. The minimum Gasteiger partial charge on any atom is -0.370 e. The zero-order valence-corrected chi connectivity index (χ0v) is 9.54. The molecule has 1 aliphatic carbocycles. The smallest absolute Gasteiger partial charge is 0.147 e. The third-order valence-electron chi connectivity index (χ3n) is 3.09. The van der Waals surface area contributed by atoms with E-state index in [2.05, 4.69) is 10.3 Å². The van der Waals surface area contributed by atoms with Crippen LogP contribution in [0.1, 0.15) is 24.1 Å². The number of aromatic nitrogens is 1. The SMILES string of the molecule is OC1Nc2cc(CCl)cnc2C=C1C1CC1. The number of aliphatic hydroxyl groups excluding tert-OH is 1. The largest absolute Gasteiger partial charge is 0.370 e. The molecule has 4 heteroatoms. The Labute approximate surface area is 99.2 Å². The molecule has 1 aromatic heterocycles. The molecule has 0 amide bonds. The average molecular weight is 237 g/mol. The van der Waals surface area contributed by atoms with Gasteiger partial charge in [0, 0.05) is 12.1 Å². The molecule has 0 spiro atoms. The molecule has 0 radical (unpaired) electrons. The summed E-state index contributed by atoms with van der Waals surface area (Å²) in [5.74, 6) is 0.988. The summed E-state index contributed by atoms with van der Waals surface area (Å²) in [5, 5.41) is 13.0. The standard InChI is InChI=1S/C12H13ClN2O/c13-5-7-3-11-10(14-6-7)4-9(8-1-2-8)12(16)15-11/h3-4,6,8,12,15-16H,1-2,5H2. The van der Waals surface area contributed by atoms with Crippen LogP contribution in [0, 0.1) is 5.92 Å². The first-order valence-electron chi connectivity index (χ1n) is 5.49. The van der Waals surface area contributed by atoms with Gasteiger partial charge in [-0.25, -0.2) is 0 Å². The summed E-state index contributed by atoms with van der Waals surface area (Å²) in [5.41, 5.74) is 3.80. The Bertz CT molecular complexity index is 454. The topological polar surface area (TPSA) is 45.1 Å². The fraction of sp³-hybridized carbons (Fsp3) is 0.417. The van der Waals surface area contributed by atoms with Crippen molar-refractivity contribution in [2.75, 3.05) is 5.32 Å². The van der Waals surface area contributed by atoms with Gasteiger partial charge in [0.25, 0.3) is 0 Å². The van der Waals surface area contributed by atoms with Gasteiger partial charge >= 0.3 is 0 Å². The summed E-state index contributed by atoms with van der Waals surface area (Å²) < 4.78 is 0. The average Bonchev–Trinajstić information content (AvgIpc) is 3.11. The molecule has 3 nitrogen and oxygen atoms in total. The van der Waals surface area contributed by atoms with E-state index in [1.165, 1.54) is 12.8 Å². The Morgan fingerprint density at radius 3 is 3.00 bits per heavy atom. The molecule has 2 heterocycles. The van der Waals surface area contributed by atoms with Gasteiger partial charge in [0.15, 0.2) is 0 Å². The molecule has 1 aliphatic heterocycles. The van der Waals surface area contributed by atoms with E-state index in [-0.39, 0.29) is 0 Å². The van der Waals surface area contributed by atoms with E-state index in [1.54, 1.807) is 6.20 Å². The number of halogens is 1. The van der Waals surface area contributed by atoms with Crippen LogP contribution in [0.5, 0.6) is 0 Å². The maximum atomic E-state index is 9.95. The molecule has 1 saturated carbocycles. The monoisotopic (exact) mass is 236 g/mol. The first-order valence-corrected chi connectivity index (χ1v) is 6.02. The van der Waals surface area contributed by atoms with Crippen LogP contribution in [0.4, 0.5) is 5.69 Å². The van der Waals surface area contributed by atoms with Crippen molar-refractivity contribution in [2.24, 2.45) is 5.92 Å². The lowest BCUT2D eigenvalue weighted by Crippen LogP contribution is -2.26. The zero-order chi connectivity index (χ0) is 11.1. The van der Waals surface area contributed by atoms with Crippen molar-refractivity contribution < 1.29 is 5.11 Å². The molecule has 0 saturated heterocycles. The number of nitrogens with zero attached hydrogens (tertiary/aromatic N) is 1. The summed E-state index contributed by atoms with van der Waals surface area (Å²) >= 11 is 5.75. The lowest BCUT2D eigenvalue weighted by atomic mass is 10.0. The highest BCUT2D eigenvalue weighted by molar-refractivity contribution is 6.17. The lowest BCUT2D eigenvalue weighted by molar-refractivity contribution is 0.233. The van der Waals surface area contributed by atoms with E-state index in [0.717, 1.165) is 22.5 Å². The molecular weight excluding hydrogens is 224 g/mol. The highest BCUT2D eigenvalue weighted by Gasteiger charge is 2.32. The highest BCUT2D eigenvalue weighted by atomic mass is 35.5. The van der Waals surface area contributed by atoms with Gasteiger partial charge in [-0.3, -0.25) is 4.98 Å². The van der Waals surface area contributed by atoms with Crippen molar-refractivity contribution in [1.29, 1.82) is 0 Å². The van der Waals surface area contributed by atoms with Crippen LogP contribution >= 0.6 is 11.6 Å². The number of rotatable bonds is 2. The van der Waals surface area contributed by atoms with Crippen molar-refractivity contribution in [2.45, 2.75) is 24.9 Å². The second-order valence-electron chi connectivity index (χ2n) is 4.38. The van der Waals surface area contributed by atoms with Gasteiger partial charge in [-0.15, -0.1) is 11.6 Å². The van der Waals surface area contributed by atoms with Crippen LogP contribution in [0.2, 0.25) is 0 Å². The molecule has 84 valence electrons. The van der Waals surface area contributed by atoms with Crippen LogP contribution < -0.4 is 5.32 Å². The Morgan fingerprint density at radius 1 is 1.50 bits per heavy atom. The number of fused-ring (bicyclic) bond motifs is 1. The molecule has 0 bridgehead atoms. The van der Waals surface area contributed by atoms with Crippen molar-refractivity contribution in [3.8, 4) is 0 Å². The summed E-state index contributed by atoms with van der Waals surface area (Å²) in [6.07, 6.45) is 5.59. The van der Waals surface area contributed by atoms with Gasteiger partial charge in [-0.2, -0.15) is 0 Å². The van der Waals surface area contributed by atoms with E-state index < -0.39 is 6.23 Å². The number of hydrogen-bond acceptors (Lipinski definition) is 3. The fourth-order valence-electron chi connectivity index (χ4n) is 2.05. The van der Waals surface area contributed by atoms with Gasteiger partial charge in [-0.05, 0) is 42.0 Å². The van der Waals surface area contributed by atoms with Gasteiger partial charge < -0.3 is 10.4 Å². The van der Waals surface area contributed by atoms with Gasteiger partial charge in [-0.1, -0.05) is 0 Å². The predicted molar refractivity (Wildman–Crippen MR) is 64.1 cm³/mol. The Kier molecular flexibility index (Phi) is 2.37. The Balaban J connectivity index is 2.00. The quantitative estimate of drug-likeness (QED) is 0.775. The number of pyridine rings is 1. The summed E-state index contributed by atoms with van der Waals surface area (Å²) in [7, 11) is 0. The van der Waals surface area contributed by atoms with Crippen molar-refractivity contribution in [1.82, 2.24) is 4.98 Å². The second kappa shape index (κ2) is 3.75. The molecule has 2 aliphatic rings. The van der Waals surface area contributed by atoms with E-state index >= 15 is 0 Å². The van der Waals surface area contributed by atoms with Crippen molar-refractivity contribution in [3.63, 3.8) is 0 Å². The molecule has 1 aromatic rings. The minimum atomic E-state index is -0.563. The summed E-state index contributed by atoms with van der Waals surface area (Å²) in [6.45, 7) is 0. The number of alkyl halides is 1. The Morgan fingerprint density at radius 2 is 2.31 bits per heavy atom. The van der Waals surface area contributed by atoms with E-state index in [1.807, 2.05) is 12.1 Å². The van der Waals surface area contributed by atoms with Gasteiger partial charge in [0.2, 0.25) is 0 Å². The molecule has 0 aromatic carbocycles. The highest BCUT2D eigenvalue weighted by Crippen LogP contribution is 2.41. The van der Waals surface area contributed by atoms with Gasteiger partial charge in [0.1, 0.15) is 6.23 Å². The Hall–Kier alpha value is -1.06. The second-order valence-corrected chi connectivity index (χ2v) is 4.64. The van der Waals surface area contributed by atoms with Crippen molar-refractivity contribution in [3.05, 3.63) is 29.1 Å². The first-order chi connectivity index (χ1) is 7.78. The third-order valence-corrected chi connectivity index (χ3v) is 3.40. The van der Waals surface area contributed by atoms with Crippen LogP contribution in [0.3, 0.4) is 0 Å². The molecule has 3 rings (SSSR count). The van der Waals surface area contributed by atoms with E-state index in [4.69, 9.17) is 11.6 Å². The first kappa shape index (κ1) is 10.1. The number of anilines is 1. The van der Waals surface area contributed by atoms with E-state index in [0.29, 0.717) is 11.8 Å². The zero-order valence-electron chi connectivity index (χ0n) is 8.78. The third kappa shape index (κ3) is 1.70. The molecular formula is C12H13ClN2O. The normalized spacial score (nSPS) is 23.4. The molecule has 1 atom stereocenters. The maximum absolute atomic E-state index is 9.95. The maximum Gasteiger partial charge on any atom is 0.147 e. The summed E-state index contributed by atoms with van der Waals surface area (Å²) in [4.78, 5) is 4.35. The van der Waals surface area contributed by atoms with Crippen LogP contribution in [0.25, 0.3) is 6.08 Å². The number of hydrogen-bond donors (Lipinski definition) is 2. The number of nitrogens with one attached hydrogen (secondary N) is 1. The van der Waals surface area contributed by atoms with Crippen LogP contribution in [-0.4, -0.2) is 16.3 Å². The minimum absolute atomic E-state index is 0.442. The number of aliphatic hydroxyl groups is 1. The van der Waals surface area contributed by atoms with Crippen LogP contribution in [-0.2, 0) is 5.88 Å². The fourth-order valence-corrected chi connectivity index (χ4v) is 2.19. The lowest BCUT2D eigenvalue weighted by Gasteiger charge is -2.24. The van der Waals surface area contributed by atoms with Crippen molar-refractivity contribution >= 4 is 23.4 Å². The van der Waals surface area contributed by atoms with E-state index in [9.17, 15) is 5.11 Å². The van der Waals surface area contributed by atoms with Gasteiger partial charge in [0.05, 0.1) is 11.4 Å². The molecule has 16 heavy (non-hydrogen) atoms. The predicted octanol–water partition coefficient (Wildman–Crippen LogP) is 2.36.